The minimum absolute atomic E-state index is 0.0417. The van der Waals surface area contributed by atoms with Gasteiger partial charge in [0.05, 0.1) is 24.5 Å². The zero-order valence-corrected chi connectivity index (χ0v) is 11.4. The summed E-state index contributed by atoms with van der Waals surface area (Å²) in [7, 11) is 0. The van der Waals surface area contributed by atoms with Crippen molar-refractivity contribution < 1.29 is 9.59 Å². The number of primary amides is 1. The number of halogens is 1. The highest BCUT2D eigenvalue weighted by molar-refractivity contribution is 6.31. The second-order valence-electron chi connectivity index (χ2n) is 4.05. The summed E-state index contributed by atoms with van der Waals surface area (Å²) in [4.78, 5) is 24.2. The molecule has 1 rings (SSSR count). The highest BCUT2D eigenvalue weighted by Gasteiger charge is 2.12. The molecule has 0 aliphatic heterocycles. The summed E-state index contributed by atoms with van der Waals surface area (Å²) < 4.78 is 0. The van der Waals surface area contributed by atoms with E-state index >= 15 is 0 Å². The zero-order chi connectivity index (χ0) is 14.4. The molecule has 0 saturated heterocycles. The standard InChI is InChI=1S/C12H17ClN4O2/c1-2-17(6-11(15)18)7-12(19)16-10-4-3-8(13)5-9(10)14/h3-5H,2,6-7,14H2,1H3,(H2,15,18)(H,16,19). The summed E-state index contributed by atoms with van der Waals surface area (Å²) in [5.41, 5.74) is 11.7. The number of benzene rings is 1. The van der Waals surface area contributed by atoms with Crippen LogP contribution in [0.3, 0.4) is 0 Å². The quantitative estimate of drug-likeness (QED) is 0.668. The molecule has 0 heterocycles. The van der Waals surface area contributed by atoms with Crippen molar-refractivity contribution in [3.05, 3.63) is 23.2 Å². The fourth-order valence-corrected chi connectivity index (χ4v) is 1.72. The highest BCUT2D eigenvalue weighted by Crippen LogP contribution is 2.22. The van der Waals surface area contributed by atoms with E-state index in [1.165, 1.54) is 0 Å². The molecule has 0 unspecified atom stereocenters. The van der Waals surface area contributed by atoms with Crippen LogP contribution in [0.2, 0.25) is 5.02 Å². The molecular formula is C12H17ClN4O2. The molecule has 19 heavy (non-hydrogen) atoms. The highest BCUT2D eigenvalue weighted by atomic mass is 35.5. The van der Waals surface area contributed by atoms with E-state index in [2.05, 4.69) is 5.32 Å². The Morgan fingerprint density at radius 3 is 2.58 bits per heavy atom. The summed E-state index contributed by atoms with van der Waals surface area (Å²) in [5, 5.41) is 3.16. The van der Waals surface area contributed by atoms with Gasteiger partial charge in [-0.2, -0.15) is 0 Å². The molecule has 2 amide bonds. The van der Waals surface area contributed by atoms with E-state index in [4.69, 9.17) is 23.1 Å². The second-order valence-corrected chi connectivity index (χ2v) is 4.49. The number of hydrogen-bond donors (Lipinski definition) is 3. The molecule has 0 aliphatic rings. The van der Waals surface area contributed by atoms with E-state index in [1.54, 1.807) is 23.1 Å². The fourth-order valence-electron chi connectivity index (χ4n) is 1.54. The summed E-state index contributed by atoms with van der Waals surface area (Å²) in [6, 6.07) is 4.81. The lowest BCUT2D eigenvalue weighted by Gasteiger charge is -2.18. The third kappa shape index (κ3) is 5.15. The van der Waals surface area contributed by atoms with Gasteiger partial charge in [-0.25, -0.2) is 0 Å². The van der Waals surface area contributed by atoms with Crippen molar-refractivity contribution in [3.8, 4) is 0 Å². The number of carbonyl (C=O) groups excluding carboxylic acids is 2. The van der Waals surface area contributed by atoms with Gasteiger partial charge < -0.3 is 16.8 Å². The number of likely N-dealkylation sites (N-methyl/N-ethyl adjacent to an activating group) is 1. The summed E-state index contributed by atoms with van der Waals surface area (Å²) in [6.07, 6.45) is 0. The first-order valence-electron chi connectivity index (χ1n) is 5.78. The molecule has 0 aliphatic carbocycles. The van der Waals surface area contributed by atoms with Crippen LogP contribution in [0.1, 0.15) is 6.92 Å². The number of anilines is 2. The molecule has 0 aromatic heterocycles. The van der Waals surface area contributed by atoms with Gasteiger partial charge in [-0.15, -0.1) is 0 Å². The molecule has 0 atom stereocenters. The number of carbonyl (C=O) groups is 2. The lowest BCUT2D eigenvalue weighted by molar-refractivity contribution is -0.121. The zero-order valence-electron chi connectivity index (χ0n) is 10.6. The Balaban J connectivity index is 2.61. The Hall–Kier alpha value is -1.79. The third-order valence-electron chi connectivity index (χ3n) is 2.48. The Morgan fingerprint density at radius 2 is 2.05 bits per heavy atom. The van der Waals surface area contributed by atoms with E-state index in [9.17, 15) is 9.59 Å². The first kappa shape index (κ1) is 15.3. The van der Waals surface area contributed by atoms with Crippen LogP contribution in [-0.4, -0.2) is 36.3 Å². The lowest BCUT2D eigenvalue weighted by Crippen LogP contribution is -2.39. The maximum Gasteiger partial charge on any atom is 0.238 e. The molecule has 104 valence electrons. The van der Waals surface area contributed by atoms with Crippen molar-refractivity contribution in [1.82, 2.24) is 4.90 Å². The van der Waals surface area contributed by atoms with Crippen molar-refractivity contribution in [1.29, 1.82) is 0 Å². The number of nitrogens with zero attached hydrogens (tertiary/aromatic N) is 1. The maximum absolute atomic E-state index is 11.8. The molecule has 1 aromatic rings. The van der Waals surface area contributed by atoms with Crippen LogP contribution in [0, 0.1) is 0 Å². The predicted molar refractivity (Wildman–Crippen MR) is 75.8 cm³/mol. The number of rotatable bonds is 6. The third-order valence-corrected chi connectivity index (χ3v) is 2.72. The van der Waals surface area contributed by atoms with Gasteiger partial charge in [0.1, 0.15) is 0 Å². The van der Waals surface area contributed by atoms with Gasteiger partial charge in [-0.1, -0.05) is 18.5 Å². The van der Waals surface area contributed by atoms with Gasteiger partial charge in [-0.3, -0.25) is 14.5 Å². The van der Waals surface area contributed by atoms with Gasteiger partial charge in [-0.05, 0) is 24.7 Å². The summed E-state index contributed by atoms with van der Waals surface area (Å²) in [6.45, 7) is 2.50. The first-order chi connectivity index (χ1) is 8.92. The van der Waals surface area contributed by atoms with Crippen molar-refractivity contribution in [2.24, 2.45) is 5.73 Å². The van der Waals surface area contributed by atoms with Gasteiger partial charge in [0.25, 0.3) is 0 Å². The van der Waals surface area contributed by atoms with Crippen LogP contribution in [0.25, 0.3) is 0 Å². The van der Waals surface area contributed by atoms with Crippen LogP contribution >= 0.6 is 11.6 Å². The molecule has 6 nitrogen and oxygen atoms in total. The normalized spacial score (nSPS) is 10.5. The van der Waals surface area contributed by atoms with Gasteiger partial charge in [0.15, 0.2) is 0 Å². The Morgan fingerprint density at radius 1 is 1.37 bits per heavy atom. The molecule has 0 bridgehead atoms. The van der Waals surface area contributed by atoms with Gasteiger partial charge in [0.2, 0.25) is 11.8 Å². The van der Waals surface area contributed by atoms with Crippen LogP contribution in [0.5, 0.6) is 0 Å². The molecule has 5 N–H and O–H groups in total. The number of amides is 2. The Labute approximate surface area is 116 Å². The van der Waals surface area contributed by atoms with Gasteiger partial charge >= 0.3 is 0 Å². The molecule has 0 spiro atoms. The van der Waals surface area contributed by atoms with E-state index in [-0.39, 0.29) is 19.0 Å². The monoisotopic (exact) mass is 284 g/mol. The molecule has 1 aromatic carbocycles. The number of nitrogen functional groups attached to an aromatic ring is 1. The minimum atomic E-state index is -0.472. The molecular weight excluding hydrogens is 268 g/mol. The van der Waals surface area contributed by atoms with Crippen LogP contribution in [0.4, 0.5) is 11.4 Å². The summed E-state index contributed by atoms with van der Waals surface area (Å²) >= 11 is 5.77. The Kier molecular flexibility index (Phi) is 5.59. The molecule has 0 saturated carbocycles. The number of nitrogens with two attached hydrogens (primary N) is 2. The smallest absolute Gasteiger partial charge is 0.238 e. The topological polar surface area (TPSA) is 101 Å². The maximum atomic E-state index is 11.8. The van der Waals surface area contributed by atoms with Crippen LogP contribution in [-0.2, 0) is 9.59 Å². The van der Waals surface area contributed by atoms with E-state index in [1.807, 2.05) is 6.92 Å². The average molecular weight is 285 g/mol. The predicted octanol–water partition coefficient (Wildman–Crippen LogP) is 0.668. The number of hydrogen-bond acceptors (Lipinski definition) is 4. The van der Waals surface area contributed by atoms with Crippen molar-refractivity contribution in [2.45, 2.75) is 6.92 Å². The Bertz CT molecular complexity index is 479. The van der Waals surface area contributed by atoms with Crippen molar-refractivity contribution in [3.63, 3.8) is 0 Å². The fraction of sp³-hybridized carbons (Fsp3) is 0.333. The molecule has 0 radical (unpaired) electrons. The van der Waals surface area contributed by atoms with E-state index in [0.717, 1.165) is 0 Å². The first-order valence-corrected chi connectivity index (χ1v) is 6.15. The van der Waals surface area contributed by atoms with Crippen LogP contribution < -0.4 is 16.8 Å². The summed E-state index contributed by atoms with van der Waals surface area (Å²) in [5.74, 6) is -0.738. The average Bonchev–Trinajstić information content (AvgIpc) is 2.31. The van der Waals surface area contributed by atoms with E-state index in [0.29, 0.717) is 22.9 Å². The lowest BCUT2D eigenvalue weighted by atomic mass is 10.2. The minimum Gasteiger partial charge on any atom is -0.397 e. The van der Waals surface area contributed by atoms with Crippen LogP contribution in [0.15, 0.2) is 18.2 Å². The van der Waals surface area contributed by atoms with E-state index < -0.39 is 5.91 Å². The second kappa shape index (κ2) is 6.96. The largest absolute Gasteiger partial charge is 0.397 e. The number of nitrogens with one attached hydrogen (secondary N) is 1. The molecule has 0 fully saturated rings. The SMILES string of the molecule is CCN(CC(N)=O)CC(=O)Nc1ccc(Cl)cc1N. The molecule has 7 heteroatoms. The van der Waals surface area contributed by atoms with Gasteiger partial charge in [0, 0.05) is 5.02 Å². The van der Waals surface area contributed by atoms with Crippen molar-refractivity contribution >= 4 is 34.8 Å². The van der Waals surface area contributed by atoms with Crippen molar-refractivity contribution in [2.75, 3.05) is 30.7 Å².